The molecule has 32 heavy (non-hydrogen) atoms. The Morgan fingerprint density at radius 2 is 1.88 bits per heavy atom. The highest BCUT2D eigenvalue weighted by Gasteiger charge is 2.54. The Morgan fingerprint density at radius 3 is 2.34 bits per heavy atom. The molecule has 2 saturated carbocycles. The lowest BCUT2D eigenvalue weighted by atomic mass is 10.0. The topological polar surface area (TPSA) is 88.6 Å². The molecule has 2 heterocycles. The second-order valence-electron chi connectivity index (χ2n) is 8.17. The number of rotatable bonds is 3. The van der Waals surface area contributed by atoms with Crippen LogP contribution in [0, 0.1) is 11.2 Å². The minimum absolute atomic E-state index is 0.00645. The first-order valence-electron chi connectivity index (χ1n) is 11.2. The van der Waals surface area contributed by atoms with Gasteiger partial charge in [-0.15, -0.1) is 0 Å². The van der Waals surface area contributed by atoms with E-state index in [-0.39, 0.29) is 39.5 Å². The van der Waals surface area contributed by atoms with E-state index in [0.717, 1.165) is 25.1 Å². The molecule has 0 radical (unpaired) electrons. The van der Waals surface area contributed by atoms with Crippen molar-refractivity contribution in [2.24, 2.45) is 11.1 Å². The maximum Gasteiger partial charge on any atom is 0.341 e. The average molecular weight is 470 g/mol. The minimum Gasteiger partial charge on any atom is -0.477 e. The summed E-state index contributed by atoms with van der Waals surface area (Å²) in [5, 5.41) is 9.16. The van der Waals surface area contributed by atoms with E-state index in [1.807, 2.05) is 27.7 Å². The second kappa shape index (κ2) is 8.98. The molecule has 1 saturated heterocycles. The van der Waals surface area contributed by atoms with E-state index >= 15 is 4.39 Å². The fourth-order valence-electron chi connectivity index (χ4n) is 4.43. The molecule has 5 rings (SSSR count). The van der Waals surface area contributed by atoms with Crippen LogP contribution in [0.5, 0.6) is 0 Å². The third-order valence-corrected chi connectivity index (χ3v) is 6.73. The third kappa shape index (κ3) is 3.88. The van der Waals surface area contributed by atoms with E-state index in [1.54, 1.807) is 4.90 Å². The van der Waals surface area contributed by atoms with Crippen molar-refractivity contribution in [3.63, 3.8) is 0 Å². The van der Waals surface area contributed by atoms with Gasteiger partial charge in [0.05, 0.1) is 27.7 Å². The first-order chi connectivity index (χ1) is 15.2. The largest absolute Gasteiger partial charge is 0.477 e. The van der Waals surface area contributed by atoms with E-state index < -0.39 is 35.0 Å². The van der Waals surface area contributed by atoms with Crippen LogP contribution >= 0.6 is 11.6 Å². The van der Waals surface area contributed by atoms with Crippen LogP contribution in [0.2, 0.25) is 5.02 Å². The number of fused-ring (bicyclic) bond motifs is 1. The Hall–Kier alpha value is -2.19. The van der Waals surface area contributed by atoms with Crippen LogP contribution in [0.15, 0.2) is 17.1 Å². The molecule has 1 aromatic carbocycles. The molecule has 2 aromatic rings. The van der Waals surface area contributed by atoms with Crippen molar-refractivity contribution in [1.82, 2.24) is 4.57 Å². The van der Waals surface area contributed by atoms with Gasteiger partial charge in [0.2, 0.25) is 5.43 Å². The fraction of sp³-hybridized carbons (Fsp3) is 0.565. The minimum atomic E-state index is -1.45. The van der Waals surface area contributed by atoms with Gasteiger partial charge in [-0.3, -0.25) is 4.79 Å². The number of pyridine rings is 1. The van der Waals surface area contributed by atoms with Crippen molar-refractivity contribution < 1.29 is 18.7 Å². The quantitative estimate of drug-likeness (QED) is 0.676. The molecule has 3 atom stereocenters. The van der Waals surface area contributed by atoms with Gasteiger partial charge < -0.3 is 20.3 Å². The molecule has 0 bridgehead atoms. The molecule has 9 heteroatoms. The van der Waals surface area contributed by atoms with Gasteiger partial charge in [0.15, 0.2) is 0 Å². The Kier molecular flexibility index (Phi) is 6.86. The summed E-state index contributed by atoms with van der Waals surface area (Å²) < 4.78 is 30.2. The molecule has 3 unspecified atom stereocenters. The number of aromatic nitrogens is 1. The van der Waals surface area contributed by atoms with Crippen LogP contribution in [0.1, 0.15) is 63.4 Å². The van der Waals surface area contributed by atoms with Gasteiger partial charge >= 0.3 is 5.97 Å². The van der Waals surface area contributed by atoms with E-state index in [0.29, 0.717) is 13.1 Å². The number of nitrogens with zero attached hydrogens (tertiary/aromatic N) is 2. The number of carbonyl (C=O) groups is 1. The number of nitrogens with two attached hydrogens (primary N) is 1. The lowest BCUT2D eigenvalue weighted by molar-refractivity contribution is 0.0694. The molecule has 1 spiro atoms. The molecule has 3 N–H and O–H groups in total. The zero-order valence-corrected chi connectivity index (χ0v) is 19.5. The van der Waals surface area contributed by atoms with Crippen molar-refractivity contribution in [3.8, 4) is 0 Å². The molecule has 3 fully saturated rings. The molecule has 0 amide bonds. The lowest BCUT2D eigenvalue weighted by Gasteiger charge is -2.23. The molecule has 1 aliphatic heterocycles. The SMILES string of the molecule is CC.CC.NC1CN(c2c(F)cc3c(=O)c(C(=O)O)cn(C4CC4F)c3c2Cl)CC12CC2. The highest BCUT2D eigenvalue weighted by Crippen LogP contribution is 2.54. The molecule has 2 aliphatic carbocycles. The van der Waals surface area contributed by atoms with Crippen LogP contribution in [0.3, 0.4) is 0 Å². The third-order valence-electron chi connectivity index (χ3n) is 6.37. The Balaban J connectivity index is 0.000000686. The number of hydrogen-bond acceptors (Lipinski definition) is 4. The van der Waals surface area contributed by atoms with Gasteiger partial charge in [0.25, 0.3) is 0 Å². The summed E-state index contributed by atoms with van der Waals surface area (Å²) in [7, 11) is 0. The number of halogens is 3. The van der Waals surface area contributed by atoms with Gasteiger partial charge in [-0.2, -0.15) is 0 Å². The van der Waals surface area contributed by atoms with Crippen LogP contribution in [-0.4, -0.2) is 40.9 Å². The van der Waals surface area contributed by atoms with E-state index in [9.17, 15) is 19.1 Å². The summed E-state index contributed by atoms with van der Waals surface area (Å²) >= 11 is 6.56. The van der Waals surface area contributed by atoms with E-state index in [4.69, 9.17) is 17.3 Å². The standard InChI is InChI=1S/C19H18ClF2N3O3.2C2H6/c20-14-15-8(17(26)9(18(27)28)5-25(15)12-4-10(12)21)3-11(22)16(14)24-6-13(23)19(7-24)1-2-19;2*1-2/h3,5,10,12-13H,1-2,4,6-7,23H2,(H,27,28);2*1-2H3. The van der Waals surface area contributed by atoms with Crippen LogP contribution in [0.4, 0.5) is 14.5 Å². The molecule has 3 aliphatic rings. The summed E-state index contributed by atoms with van der Waals surface area (Å²) in [6.07, 6.45) is 2.11. The van der Waals surface area contributed by atoms with Gasteiger partial charge in [-0.25, -0.2) is 13.6 Å². The van der Waals surface area contributed by atoms with Crippen molar-refractivity contribution in [3.05, 3.63) is 38.9 Å². The number of carboxylic acid groups (broad SMARTS) is 1. The lowest BCUT2D eigenvalue weighted by Crippen LogP contribution is -2.30. The van der Waals surface area contributed by atoms with Crippen molar-refractivity contribution >= 4 is 34.2 Å². The summed E-state index contributed by atoms with van der Waals surface area (Å²) in [5.41, 5.74) is 5.15. The number of alkyl halides is 1. The highest BCUT2D eigenvalue weighted by atomic mass is 35.5. The number of hydrogen-bond donors (Lipinski definition) is 2. The van der Waals surface area contributed by atoms with Gasteiger partial charge in [0.1, 0.15) is 17.6 Å². The molecular formula is C23H30ClF2N3O3. The van der Waals surface area contributed by atoms with Crippen molar-refractivity contribution in [2.75, 3.05) is 18.0 Å². The maximum absolute atomic E-state index is 15.0. The number of benzene rings is 1. The fourth-order valence-corrected chi connectivity index (χ4v) is 4.84. The smallest absolute Gasteiger partial charge is 0.341 e. The van der Waals surface area contributed by atoms with Crippen molar-refractivity contribution in [1.29, 1.82) is 0 Å². The number of carboxylic acids is 1. The zero-order valence-electron chi connectivity index (χ0n) is 18.8. The Bertz CT molecular complexity index is 1100. The maximum atomic E-state index is 15.0. The molecule has 6 nitrogen and oxygen atoms in total. The Morgan fingerprint density at radius 1 is 1.28 bits per heavy atom. The predicted molar refractivity (Wildman–Crippen MR) is 123 cm³/mol. The monoisotopic (exact) mass is 469 g/mol. The highest BCUT2D eigenvalue weighted by molar-refractivity contribution is 6.38. The van der Waals surface area contributed by atoms with Gasteiger partial charge in [-0.1, -0.05) is 39.3 Å². The van der Waals surface area contributed by atoms with E-state index in [2.05, 4.69) is 0 Å². The summed E-state index contributed by atoms with van der Waals surface area (Å²) in [4.78, 5) is 25.8. The molecule has 176 valence electrons. The predicted octanol–water partition coefficient (Wildman–Crippen LogP) is 4.76. The van der Waals surface area contributed by atoms with Gasteiger partial charge in [-0.05, 0) is 18.9 Å². The Labute approximate surface area is 190 Å². The number of anilines is 1. The summed E-state index contributed by atoms with van der Waals surface area (Å²) in [5.74, 6) is -2.15. The van der Waals surface area contributed by atoms with Crippen LogP contribution in [0.25, 0.3) is 10.9 Å². The van der Waals surface area contributed by atoms with Gasteiger partial charge in [0, 0.05) is 37.2 Å². The first kappa shape index (κ1) is 24.5. The van der Waals surface area contributed by atoms with E-state index in [1.165, 1.54) is 4.57 Å². The summed E-state index contributed by atoms with van der Waals surface area (Å²) in [6.45, 7) is 9.01. The second-order valence-corrected chi connectivity index (χ2v) is 8.55. The van der Waals surface area contributed by atoms with Crippen molar-refractivity contribution in [2.45, 2.75) is 65.2 Å². The first-order valence-corrected chi connectivity index (χ1v) is 11.6. The average Bonchev–Trinajstić information content (AvgIpc) is 3.67. The van der Waals surface area contributed by atoms with Crippen LogP contribution < -0.4 is 16.1 Å². The molecule has 1 aromatic heterocycles. The summed E-state index contributed by atoms with van der Waals surface area (Å²) in [6, 6.07) is 0.308. The zero-order chi connectivity index (χ0) is 24.0. The normalized spacial score (nSPS) is 24.5. The number of aromatic carboxylic acids is 1. The van der Waals surface area contributed by atoms with Crippen LogP contribution in [-0.2, 0) is 0 Å². The molecular weight excluding hydrogens is 440 g/mol.